The Kier molecular flexibility index (Phi) is 5.87. The number of allylic oxidation sites excluding steroid dienone is 2. The van der Waals surface area contributed by atoms with E-state index in [0.717, 1.165) is 16.8 Å². The molecule has 10 heteroatoms. The van der Waals surface area contributed by atoms with E-state index in [1.54, 1.807) is 38.1 Å². The van der Waals surface area contributed by atoms with Crippen LogP contribution in [0.3, 0.4) is 0 Å². The second kappa shape index (κ2) is 8.85. The molecule has 2 aliphatic rings. The molecule has 34 heavy (non-hydrogen) atoms. The zero-order valence-corrected chi connectivity index (χ0v) is 20.3. The predicted octanol–water partition coefficient (Wildman–Crippen LogP) is 5.03. The maximum absolute atomic E-state index is 13.6. The number of benzene rings is 2. The highest BCUT2D eigenvalue weighted by atomic mass is 35.5. The summed E-state index contributed by atoms with van der Waals surface area (Å²) in [5.74, 6) is 2.11. The van der Waals surface area contributed by atoms with E-state index < -0.39 is 6.04 Å². The zero-order chi connectivity index (χ0) is 24.0. The largest absolute Gasteiger partial charge is 0.493 e. The first kappa shape index (κ1) is 22.6. The van der Waals surface area contributed by atoms with E-state index in [9.17, 15) is 4.79 Å². The van der Waals surface area contributed by atoms with Crippen LogP contribution in [0.2, 0.25) is 10.0 Å². The van der Waals surface area contributed by atoms with Crippen LogP contribution in [0.15, 0.2) is 47.9 Å². The number of Topliss-reactive ketones (excluding diaryl/α,β-unsaturated/α-hetero) is 1. The Morgan fingerprint density at radius 2 is 1.71 bits per heavy atom. The van der Waals surface area contributed by atoms with E-state index in [2.05, 4.69) is 15.4 Å². The van der Waals surface area contributed by atoms with Gasteiger partial charge in [0.15, 0.2) is 17.3 Å². The normalized spacial score (nSPS) is 19.3. The monoisotopic (exact) mass is 500 g/mol. The summed E-state index contributed by atoms with van der Waals surface area (Å²) >= 11 is 12.4. The number of carbonyl (C=O) groups excluding carboxylic acids is 1. The lowest BCUT2D eigenvalue weighted by Gasteiger charge is -2.35. The van der Waals surface area contributed by atoms with Crippen LogP contribution in [-0.2, 0) is 4.79 Å². The summed E-state index contributed by atoms with van der Waals surface area (Å²) in [4.78, 5) is 17.9. The molecule has 0 fully saturated rings. The van der Waals surface area contributed by atoms with Crippen LogP contribution < -0.4 is 19.5 Å². The Labute approximate surface area is 206 Å². The number of carbonyl (C=O) groups is 1. The third-order valence-electron chi connectivity index (χ3n) is 6.28. The number of nitrogens with one attached hydrogen (secondary N) is 1. The minimum atomic E-state index is -0.447. The van der Waals surface area contributed by atoms with Gasteiger partial charge in [-0.1, -0.05) is 29.3 Å². The van der Waals surface area contributed by atoms with Crippen molar-refractivity contribution in [2.75, 3.05) is 26.6 Å². The topological polar surface area (TPSA) is 87.5 Å². The lowest BCUT2D eigenvalue weighted by atomic mass is 9.77. The first-order chi connectivity index (χ1) is 16.4. The number of ketones is 1. The van der Waals surface area contributed by atoms with Gasteiger partial charge < -0.3 is 19.5 Å². The van der Waals surface area contributed by atoms with Gasteiger partial charge in [0.25, 0.3) is 0 Å². The third-order valence-corrected chi connectivity index (χ3v) is 7.02. The van der Waals surface area contributed by atoms with Gasteiger partial charge in [-0.15, -0.1) is 0 Å². The van der Waals surface area contributed by atoms with E-state index in [0.29, 0.717) is 51.7 Å². The maximum Gasteiger partial charge on any atom is 0.226 e. The molecule has 2 aromatic carbocycles. The number of nitrogens with zero attached hydrogens (tertiary/aromatic N) is 3. The highest BCUT2D eigenvalue weighted by Crippen LogP contribution is 2.47. The van der Waals surface area contributed by atoms with Gasteiger partial charge in [-0.25, -0.2) is 4.68 Å². The van der Waals surface area contributed by atoms with Crippen molar-refractivity contribution in [3.63, 3.8) is 0 Å². The number of hydrogen-bond donors (Lipinski definition) is 1. The van der Waals surface area contributed by atoms with Gasteiger partial charge in [-0.3, -0.25) is 4.79 Å². The number of aromatic nitrogens is 3. The first-order valence-electron chi connectivity index (χ1n) is 10.6. The number of methoxy groups -OCH3 is 3. The average molecular weight is 501 g/mol. The van der Waals surface area contributed by atoms with Crippen molar-refractivity contribution < 1.29 is 19.0 Å². The molecule has 0 saturated carbocycles. The lowest BCUT2D eigenvalue weighted by molar-refractivity contribution is -0.116. The van der Waals surface area contributed by atoms with Crippen molar-refractivity contribution in [1.29, 1.82) is 0 Å². The molecule has 1 N–H and O–H groups in total. The molecule has 1 aliphatic carbocycles. The number of anilines is 1. The minimum Gasteiger partial charge on any atom is -0.493 e. The molecule has 0 radical (unpaired) electrons. The molecule has 2 atom stereocenters. The molecule has 0 unspecified atom stereocenters. The highest BCUT2D eigenvalue weighted by Gasteiger charge is 2.39. The lowest BCUT2D eigenvalue weighted by Crippen LogP contribution is -2.33. The van der Waals surface area contributed by atoms with Crippen LogP contribution >= 0.6 is 23.2 Å². The summed E-state index contributed by atoms with van der Waals surface area (Å²) in [6.07, 6.45) is 2.39. The summed E-state index contributed by atoms with van der Waals surface area (Å²) in [5.41, 5.74) is 3.20. The number of hydrogen-bond acceptors (Lipinski definition) is 7. The van der Waals surface area contributed by atoms with Gasteiger partial charge >= 0.3 is 0 Å². The van der Waals surface area contributed by atoms with Crippen LogP contribution in [-0.4, -0.2) is 41.9 Å². The Balaban J connectivity index is 1.58. The summed E-state index contributed by atoms with van der Waals surface area (Å²) in [7, 11) is 4.71. The van der Waals surface area contributed by atoms with Gasteiger partial charge in [0.05, 0.1) is 31.4 Å². The molecule has 176 valence electrons. The second-order valence-electron chi connectivity index (χ2n) is 8.11. The minimum absolute atomic E-state index is 0.0183. The summed E-state index contributed by atoms with van der Waals surface area (Å²) in [6, 6.07) is 8.70. The standard InChI is InChI=1S/C24H22Cl2N4O4/c1-32-19-9-14(10-20(33-2)23(19)34-3)13-7-17-21(18(31)8-13)22(30-24(29-17)27-11-28-30)12-4-5-15(25)16(26)6-12/h4-6,9-11,13,22H,7-8H2,1-3H3,(H,27,28,29)/t13-,22-/m0/s1. The van der Waals surface area contributed by atoms with Crippen molar-refractivity contribution in [3.8, 4) is 17.2 Å². The van der Waals surface area contributed by atoms with E-state index in [1.807, 2.05) is 18.2 Å². The summed E-state index contributed by atoms with van der Waals surface area (Å²) in [5, 5.41) is 8.55. The van der Waals surface area contributed by atoms with Gasteiger partial charge in [0.1, 0.15) is 12.4 Å². The molecule has 0 amide bonds. The van der Waals surface area contributed by atoms with Crippen molar-refractivity contribution in [1.82, 2.24) is 14.8 Å². The number of ether oxygens (including phenoxy) is 3. The average Bonchev–Trinajstić information content (AvgIpc) is 3.31. The van der Waals surface area contributed by atoms with Crippen molar-refractivity contribution in [2.45, 2.75) is 24.8 Å². The maximum atomic E-state index is 13.6. The van der Waals surface area contributed by atoms with Crippen LogP contribution in [0.4, 0.5) is 5.95 Å². The predicted molar refractivity (Wildman–Crippen MR) is 128 cm³/mol. The Morgan fingerprint density at radius 3 is 2.35 bits per heavy atom. The summed E-state index contributed by atoms with van der Waals surface area (Å²) < 4.78 is 18.2. The first-order valence-corrected chi connectivity index (χ1v) is 11.4. The summed E-state index contributed by atoms with van der Waals surface area (Å²) in [6.45, 7) is 0. The van der Waals surface area contributed by atoms with Gasteiger partial charge in [-0.2, -0.15) is 10.1 Å². The van der Waals surface area contributed by atoms with Crippen LogP contribution in [0, 0.1) is 0 Å². The molecule has 0 spiro atoms. The molecule has 8 nitrogen and oxygen atoms in total. The smallest absolute Gasteiger partial charge is 0.226 e. The Hall–Kier alpha value is -3.23. The van der Waals surface area contributed by atoms with E-state index >= 15 is 0 Å². The molecular weight excluding hydrogens is 479 g/mol. The Morgan fingerprint density at radius 1 is 0.971 bits per heavy atom. The quantitative estimate of drug-likeness (QED) is 0.525. The number of halogens is 2. The van der Waals surface area contributed by atoms with E-state index in [4.69, 9.17) is 37.4 Å². The van der Waals surface area contributed by atoms with Gasteiger partial charge in [-0.05, 0) is 47.7 Å². The molecule has 1 aliphatic heterocycles. The van der Waals surface area contributed by atoms with Crippen LogP contribution in [0.25, 0.3) is 0 Å². The fraction of sp³-hybridized carbons (Fsp3) is 0.292. The zero-order valence-electron chi connectivity index (χ0n) is 18.8. The Bertz CT molecular complexity index is 1300. The van der Waals surface area contributed by atoms with Crippen molar-refractivity contribution >= 4 is 34.9 Å². The van der Waals surface area contributed by atoms with Crippen LogP contribution in [0.5, 0.6) is 17.2 Å². The molecule has 2 heterocycles. The highest BCUT2D eigenvalue weighted by molar-refractivity contribution is 6.42. The molecule has 0 bridgehead atoms. The van der Waals surface area contributed by atoms with Gasteiger partial charge in [0.2, 0.25) is 11.7 Å². The van der Waals surface area contributed by atoms with E-state index in [1.165, 1.54) is 6.33 Å². The fourth-order valence-electron chi connectivity index (χ4n) is 4.72. The second-order valence-corrected chi connectivity index (χ2v) is 8.92. The van der Waals surface area contributed by atoms with Crippen LogP contribution in [0.1, 0.15) is 35.9 Å². The third kappa shape index (κ3) is 3.67. The SMILES string of the molecule is COc1cc([C@@H]2CC(=O)C3=C(C2)Nc2ncnn2[C@H]3c2ccc(Cl)c(Cl)c2)cc(OC)c1OC. The van der Waals surface area contributed by atoms with Gasteiger partial charge in [0, 0.05) is 17.7 Å². The molecule has 1 aromatic heterocycles. The molecule has 0 saturated heterocycles. The van der Waals surface area contributed by atoms with Crippen molar-refractivity contribution in [3.05, 3.63) is 69.1 Å². The number of rotatable bonds is 5. The fourth-order valence-corrected chi connectivity index (χ4v) is 5.02. The van der Waals surface area contributed by atoms with E-state index in [-0.39, 0.29) is 11.7 Å². The molecule has 3 aromatic rings. The molecular formula is C24H22Cl2N4O4. The van der Waals surface area contributed by atoms with Crippen molar-refractivity contribution in [2.24, 2.45) is 0 Å². The number of fused-ring (bicyclic) bond motifs is 1. The molecule has 5 rings (SSSR count).